The second-order valence-corrected chi connectivity index (χ2v) is 8.34. The number of nitro groups is 1. The van der Waals surface area contributed by atoms with Crippen molar-refractivity contribution in [2.24, 2.45) is 11.8 Å². The van der Waals surface area contributed by atoms with E-state index in [0.717, 1.165) is 36.7 Å². The molecule has 8 nitrogen and oxygen atoms in total. The molecule has 0 aromatic carbocycles. The Morgan fingerprint density at radius 2 is 2.19 bits per heavy atom. The van der Waals surface area contributed by atoms with Crippen LogP contribution >= 0.6 is 11.3 Å². The molecule has 0 spiro atoms. The van der Waals surface area contributed by atoms with Gasteiger partial charge in [-0.25, -0.2) is 14.3 Å². The molecular weight excluding hydrogens is 316 g/mol. The van der Waals surface area contributed by atoms with E-state index in [1.54, 1.807) is 0 Å². The first-order valence-electron chi connectivity index (χ1n) is 6.61. The molecule has 1 unspecified atom stereocenters. The van der Waals surface area contributed by atoms with E-state index in [2.05, 4.69) is 12.3 Å². The van der Waals surface area contributed by atoms with E-state index < -0.39 is 14.9 Å². The van der Waals surface area contributed by atoms with Crippen LogP contribution in [0, 0.1) is 16.0 Å². The van der Waals surface area contributed by atoms with Gasteiger partial charge in [-0.1, -0.05) is 18.3 Å². The number of sulfonamides is 1. The zero-order chi connectivity index (χ0) is 15.6. The number of hydrazine groups is 1. The highest BCUT2D eigenvalue weighted by molar-refractivity contribution is 7.91. The number of hydrogen-bond acceptors (Lipinski definition) is 7. The van der Waals surface area contributed by atoms with E-state index in [-0.39, 0.29) is 14.9 Å². The fourth-order valence-electron chi connectivity index (χ4n) is 2.33. The molecule has 1 atom stereocenters. The molecule has 0 bridgehead atoms. The summed E-state index contributed by atoms with van der Waals surface area (Å²) in [5, 5.41) is 10.9. The summed E-state index contributed by atoms with van der Waals surface area (Å²) in [7, 11) is -3.70. The van der Waals surface area contributed by atoms with Crippen molar-refractivity contribution in [3.8, 4) is 0 Å². The molecule has 0 amide bonds. The van der Waals surface area contributed by atoms with Crippen LogP contribution in [0.15, 0.2) is 10.3 Å². The maximum absolute atomic E-state index is 12.6. The average molecular weight is 334 g/mol. The Kier molecular flexibility index (Phi) is 4.81. The van der Waals surface area contributed by atoms with Crippen molar-refractivity contribution >= 4 is 32.0 Å². The standard InChI is InChI=1S/C11H18N4O4S2/c1-8-3-2-5-14(6-4-8)21(18,19)10-7-9(15(16)17)11(13-12)20-10/h7-8,13H,2-6,12H2,1H3. The van der Waals surface area contributed by atoms with Crippen LogP contribution in [-0.2, 0) is 10.0 Å². The van der Waals surface area contributed by atoms with Crippen LogP contribution in [0.25, 0.3) is 0 Å². The van der Waals surface area contributed by atoms with E-state index in [1.165, 1.54) is 4.31 Å². The highest BCUT2D eigenvalue weighted by atomic mass is 32.2. The zero-order valence-corrected chi connectivity index (χ0v) is 13.2. The highest BCUT2D eigenvalue weighted by Gasteiger charge is 2.31. The van der Waals surface area contributed by atoms with Crippen LogP contribution in [0.3, 0.4) is 0 Å². The second kappa shape index (κ2) is 6.26. The van der Waals surface area contributed by atoms with Crippen LogP contribution < -0.4 is 11.3 Å². The number of nitrogens with zero attached hydrogens (tertiary/aromatic N) is 2. The Hall–Kier alpha value is -1.23. The van der Waals surface area contributed by atoms with E-state index in [4.69, 9.17) is 5.84 Å². The van der Waals surface area contributed by atoms with Gasteiger partial charge < -0.3 is 5.43 Å². The molecule has 2 heterocycles. The molecule has 0 aliphatic carbocycles. The van der Waals surface area contributed by atoms with Crippen molar-refractivity contribution in [2.45, 2.75) is 30.4 Å². The largest absolute Gasteiger partial charge is 0.310 e. The van der Waals surface area contributed by atoms with Gasteiger partial charge in [0.1, 0.15) is 4.21 Å². The maximum Gasteiger partial charge on any atom is 0.306 e. The van der Waals surface area contributed by atoms with E-state index >= 15 is 0 Å². The van der Waals surface area contributed by atoms with Gasteiger partial charge in [-0.05, 0) is 25.2 Å². The van der Waals surface area contributed by atoms with E-state index in [9.17, 15) is 18.5 Å². The van der Waals surface area contributed by atoms with Crippen molar-refractivity contribution in [1.29, 1.82) is 0 Å². The molecule has 118 valence electrons. The minimum atomic E-state index is -3.70. The molecule has 1 fully saturated rings. The number of nitrogens with one attached hydrogen (secondary N) is 1. The van der Waals surface area contributed by atoms with Gasteiger partial charge in [-0.2, -0.15) is 4.31 Å². The Labute approximate surface area is 127 Å². The number of thiophene rings is 1. The second-order valence-electron chi connectivity index (χ2n) is 5.12. The Morgan fingerprint density at radius 1 is 1.48 bits per heavy atom. The van der Waals surface area contributed by atoms with Gasteiger partial charge >= 0.3 is 5.69 Å². The lowest BCUT2D eigenvalue weighted by molar-refractivity contribution is -0.383. The molecule has 1 aliphatic heterocycles. The summed E-state index contributed by atoms with van der Waals surface area (Å²) in [5.74, 6) is 5.70. The Balaban J connectivity index is 2.33. The van der Waals surface area contributed by atoms with Crippen LogP contribution in [0.1, 0.15) is 26.2 Å². The summed E-state index contributed by atoms with van der Waals surface area (Å²) in [6, 6.07) is 1.07. The van der Waals surface area contributed by atoms with Crippen LogP contribution in [0.2, 0.25) is 0 Å². The van der Waals surface area contributed by atoms with Crippen molar-refractivity contribution in [2.75, 3.05) is 18.5 Å². The Morgan fingerprint density at radius 3 is 2.76 bits per heavy atom. The fraction of sp³-hybridized carbons (Fsp3) is 0.636. The van der Waals surface area contributed by atoms with Crippen molar-refractivity contribution < 1.29 is 13.3 Å². The molecule has 3 N–H and O–H groups in total. The molecule has 1 saturated heterocycles. The highest BCUT2D eigenvalue weighted by Crippen LogP contribution is 2.38. The summed E-state index contributed by atoms with van der Waals surface area (Å²) in [5.41, 5.74) is 1.87. The van der Waals surface area contributed by atoms with E-state index in [1.807, 2.05) is 0 Å². The smallest absolute Gasteiger partial charge is 0.306 e. The molecule has 1 aromatic rings. The first-order valence-corrected chi connectivity index (χ1v) is 8.87. The SMILES string of the molecule is CC1CCCN(S(=O)(=O)c2cc([N+](=O)[O-])c(NN)s2)CC1. The predicted octanol–water partition coefficient (Wildman–Crippen LogP) is 1.75. The number of nitrogens with two attached hydrogens (primary N) is 1. The molecular formula is C11H18N4O4S2. The lowest BCUT2D eigenvalue weighted by atomic mass is 10.0. The molecule has 10 heteroatoms. The summed E-state index contributed by atoms with van der Waals surface area (Å²) < 4.78 is 26.6. The fourth-order valence-corrected chi connectivity index (χ4v) is 5.22. The number of rotatable bonds is 4. The average Bonchev–Trinajstić information content (AvgIpc) is 2.76. The summed E-state index contributed by atoms with van der Waals surface area (Å²) in [6.45, 7) is 2.99. The quantitative estimate of drug-likeness (QED) is 0.492. The number of anilines is 1. The maximum atomic E-state index is 12.6. The van der Waals surface area contributed by atoms with Crippen molar-refractivity contribution in [3.63, 3.8) is 0 Å². The van der Waals surface area contributed by atoms with Crippen molar-refractivity contribution in [3.05, 3.63) is 16.2 Å². The van der Waals surface area contributed by atoms with Crippen LogP contribution in [-0.4, -0.2) is 30.7 Å². The van der Waals surface area contributed by atoms with Gasteiger partial charge in [0.25, 0.3) is 10.0 Å². The van der Waals surface area contributed by atoms with E-state index in [0.29, 0.717) is 19.0 Å². The first-order chi connectivity index (χ1) is 9.86. The van der Waals surface area contributed by atoms with Gasteiger partial charge in [0, 0.05) is 19.2 Å². The minimum absolute atomic E-state index is 0.0433. The molecule has 21 heavy (non-hydrogen) atoms. The normalized spacial score (nSPS) is 21.0. The first kappa shape index (κ1) is 16.1. The van der Waals surface area contributed by atoms with Crippen molar-refractivity contribution in [1.82, 2.24) is 4.31 Å². The third-order valence-electron chi connectivity index (χ3n) is 3.59. The van der Waals surface area contributed by atoms with Gasteiger partial charge in [-0.15, -0.1) is 0 Å². The van der Waals surface area contributed by atoms with Gasteiger partial charge in [0.05, 0.1) is 4.92 Å². The third-order valence-corrected chi connectivity index (χ3v) is 6.99. The number of nitrogen functional groups attached to an aromatic ring is 1. The summed E-state index contributed by atoms with van der Waals surface area (Å²) in [4.78, 5) is 10.3. The summed E-state index contributed by atoms with van der Waals surface area (Å²) >= 11 is 0.789. The molecule has 1 aliphatic rings. The van der Waals surface area contributed by atoms with Gasteiger partial charge in [0.15, 0.2) is 5.00 Å². The van der Waals surface area contributed by atoms with Crippen LogP contribution in [0.5, 0.6) is 0 Å². The third kappa shape index (κ3) is 3.34. The molecule has 0 radical (unpaired) electrons. The lowest BCUT2D eigenvalue weighted by Crippen LogP contribution is -2.31. The molecule has 2 rings (SSSR count). The zero-order valence-electron chi connectivity index (χ0n) is 11.6. The number of hydrogen-bond donors (Lipinski definition) is 2. The van der Waals surface area contributed by atoms with Gasteiger partial charge in [0.2, 0.25) is 0 Å². The summed E-state index contributed by atoms with van der Waals surface area (Å²) in [6.07, 6.45) is 2.59. The molecule has 1 aromatic heterocycles. The molecule has 0 saturated carbocycles. The van der Waals surface area contributed by atoms with Gasteiger partial charge in [-0.3, -0.25) is 10.1 Å². The predicted molar refractivity (Wildman–Crippen MR) is 80.6 cm³/mol. The monoisotopic (exact) mass is 334 g/mol. The Bertz CT molecular complexity index is 628. The lowest BCUT2D eigenvalue weighted by Gasteiger charge is -2.18. The topological polar surface area (TPSA) is 119 Å². The van der Waals surface area contributed by atoms with Crippen LogP contribution in [0.4, 0.5) is 10.7 Å². The minimum Gasteiger partial charge on any atom is -0.310 e.